The van der Waals surface area contributed by atoms with Crippen molar-refractivity contribution in [2.75, 3.05) is 5.32 Å². The third kappa shape index (κ3) is 2.91. The minimum atomic E-state index is -0.621. The molecule has 0 saturated heterocycles. The lowest BCUT2D eigenvalue weighted by Gasteiger charge is -2.06. The molecule has 0 bridgehead atoms. The molecule has 0 radical (unpaired) electrons. The summed E-state index contributed by atoms with van der Waals surface area (Å²) >= 11 is 0. The molecule has 1 amide bonds. The topological polar surface area (TPSA) is 110 Å². The first kappa shape index (κ1) is 13.5. The second-order valence-electron chi connectivity index (χ2n) is 4.12. The molecule has 2 rings (SSSR count). The standard InChI is InChI=1S/C12H12N4O4/c1-8-6-11(16(19)20)14-15(8)7-12(18)13-9-4-2-3-5-10(9)17/h2-6,17H,7H2,1H3,(H,13,18). The van der Waals surface area contributed by atoms with E-state index in [9.17, 15) is 20.0 Å². The summed E-state index contributed by atoms with van der Waals surface area (Å²) in [5, 5.41) is 26.3. The van der Waals surface area contributed by atoms with E-state index in [-0.39, 0.29) is 23.8 Å². The van der Waals surface area contributed by atoms with Crippen molar-refractivity contribution >= 4 is 17.4 Å². The van der Waals surface area contributed by atoms with Gasteiger partial charge < -0.3 is 20.5 Å². The molecule has 1 heterocycles. The van der Waals surface area contributed by atoms with Gasteiger partial charge in [0.1, 0.15) is 12.3 Å². The molecule has 8 heteroatoms. The number of para-hydroxylation sites is 2. The van der Waals surface area contributed by atoms with Gasteiger partial charge in [-0.15, -0.1) is 0 Å². The molecule has 0 saturated carbocycles. The maximum absolute atomic E-state index is 11.8. The molecule has 0 fully saturated rings. The maximum Gasteiger partial charge on any atom is 0.390 e. The highest BCUT2D eigenvalue weighted by Crippen LogP contribution is 2.21. The number of carbonyl (C=O) groups excluding carboxylic acids is 1. The summed E-state index contributed by atoms with van der Waals surface area (Å²) < 4.78 is 1.23. The van der Waals surface area contributed by atoms with Crippen molar-refractivity contribution in [3.8, 4) is 5.75 Å². The Balaban J connectivity index is 2.09. The van der Waals surface area contributed by atoms with Crippen molar-refractivity contribution in [3.63, 3.8) is 0 Å². The highest BCUT2D eigenvalue weighted by molar-refractivity contribution is 5.91. The molecule has 0 spiro atoms. The molecule has 8 nitrogen and oxygen atoms in total. The zero-order valence-corrected chi connectivity index (χ0v) is 10.6. The molecular formula is C12H12N4O4. The Bertz CT molecular complexity index is 665. The number of phenolic OH excluding ortho intramolecular Hbond substituents is 1. The van der Waals surface area contributed by atoms with E-state index in [4.69, 9.17) is 0 Å². The van der Waals surface area contributed by atoms with E-state index >= 15 is 0 Å². The first-order valence-electron chi connectivity index (χ1n) is 5.74. The predicted octanol–water partition coefficient (Wildman–Crippen LogP) is 1.44. The lowest BCUT2D eigenvalue weighted by Crippen LogP contribution is -2.20. The number of nitrogens with zero attached hydrogens (tertiary/aromatic N) is 3. The molecule has 20 heavy (non-hydrogen) atoms. The van der Waals surface area contributed by atoms with Crippen LogP contribution in [0.4, 0.5) is 11.5 Å². The highest BCUT2D eigenvalue weighted by Gasteiger charge is 2.17. The number of nitro groups is 1. The molecule has 0 aliphatic carbocycles. The number of phenols is 1. The smallest absolute Gasteiger partial charge is 0.390 e. The Morgan fingerprint density at radius 2 is 2.20 bits per heavy atom. The van der Waals surface area contributed by atoms with Crippen molar-refractivity contribution in [1.29, 1.82) is 0 Å². The summed E-state index contributed by atoms with van der Waals surface area (Å²) in [5.41, 5.74) is 0.779. The van der Waals surface area contributed by atoms with E-state index in [1.807, 2.05) is 0 Å². The molecule has 0 atom stereocenters. The van der Waals surface area contributed by atoms with Crippen LogP contribution in [0.25, 0.3) is 0 Å². The van der Waals surface area contributed by atoms with Crippen molar-refractivity contribution in [2.45, 2.75) is 13.5 Å². The van der Waals surface area contributed by atoms with Crippen molar-refractivity contribution in [2.24, 2.45) is 0 Å². The number of anilines is 1. The molecular weight excluding hydrogens is 264 g/mol. The Kier molecular flexibility index (Phi) is 3.65. The number of amides is 1. The van der Waals surface area contributed by atoms with Gasteiger partial charge in [0.15, 0.2) is 0 Å². The monoisotopic (exact) mass is 276 g/mol. The Morgan fingerprint density at radius 1 is 1.50 bits per heavy atom. The van der Waals surface area contributed by atoms with Crippen LogP contribution in [0.15, 0.2) is 30.3 Å². The van der Waals surface area contributed by atoms with Gasteiger partial charge in [0.05, 0.1) is 22.5 Å². The largest absolute Gasteiger partial charge is 0.506 e. The summed E-state index contributed by atoms with van der Waals surface area (Å²) in [7, 11) is 0. The van der Waals surface area contributed by atoms with Crippen LogP contribution in [0, 0.1) is 17.0 Å². The van der Waals surface area contributed by atoms with Gasteiger partial charge in [0.25, 0.3) is 0 Å². The fourth-order valence-corrected chi connectivity index (χ4v) is 1.65. The number of hydrogen-bond donors (Lipinski definition) is 2. The van der Waals surface area contributed by atoms with Crippen LogP contribution in [0.1, 0.15) is 5.69 Å². The number of hydrogen-bond acceptors (Lipinski definition) is 5. The average molecular weight is 276 g/mol. The minimum absolute atomic E-state index is 0.0518. The van der Waals surface area contributed by atoms with Crippen LogP contribution in [0.5, 0.6) is 5.75 Å². The van der Waals surface area contributed by atoms with Crippen molar-refractivity contribution < 1.29 is 14.8 Å². The van der Waals surface area contributed by atoms with Crippen LogP contribution in [-0.4, -0.2) is 25.7 Å². The highest BCUT2D eigenvalue weighted by atomic mass is 16.6. The molecule has 1 aromatic heterocycles. The van der Waals surface area contributed by atoms with E-state index in [0.29, 0.717) is 5.69 Å². The molecule has 2 N–H and O–H groups in total. The Morgan fingerprint density at radius 3 is 2.80 bits per heavy atom. The van der Waals surface area contributed by atoms with Gasteiger partial charge in [-0.2, -0.15) is 4.68 Å². The SMILES string of the molecule is Cc1cc([N+](=O)[O-])nn1CC(=O)Nc1ccccc1O. The number of rotatable bonds is 4. The van der Waals surface area contributed by atoms with E-state index < -0.39 is 10.8 Å². The number of aryl methyl sites for hydroxylation is 1. The second kappa shape index (κ2) is 5.39. The van der Waals surface area contributed by atoms with Crippen LogP contribution in [0.3, 0.4) is 0 Å². The summed E-state index contributed by atoms with van der Waals surface area (Å²) in [5.74, 6) is -0.797. The van der Waals surface area contributed by atoms with Gasteiger partial charge in [-0.25, -0.2) is 0 Å². The molecule has 2 aromatic rings. The molecule has 0 aliphatic rings. The van der Waals surface area contributed by atoms with E-state index in [0.717, 1.165) is 0 Å². The summed E-state index contributed by atoms with van der Waals surface area (Å²) in [4.78, 5) is 21.8. The molecule has 104 valence electrons. The molecule has 1 aromatic carbocycles. The van der Waals surface area contributed by atoms with Gasteiger partial charge >= 0.3 is 5.82 Å². The lowest BCUT2D eigenvalue weighted by molar-refractivity contribution is -0.389. The van der Waals surface area contributed by atoms with Gasteiger partial charge in [-0.05, 0) is 24.0 Å². The van der Waals surface area contributed by atoms with Crippen LogP contribution in [0.2, 0.25) is 0 Å². The van der Waals surface area contributed by atoms with Crippen molar-refractivity contribution in [1.82, 2.24) is 9.78 Å². The number of aromatic hydroxyl groups is 1. The lowest BCUT2D eigenvalue weighted by atomic mass is 10.3. The van der Waals surface area contributed by atoms with Gasteiger partial charge in [-0.3, -0.25) is 4.79 Å². The van der Waals surface area contributed by atoms with E-state index in [2.05, 4.69) is 10.4 Å². The quantitative estimate of drug-likeness (QED) is 0.498. The zero-order valence-electron chi connectivity index (χ0n) is 10.6. The van der Waals surface area contributed by atoms with Gasteiger partial charge in [0.2, 0.25) is 5.91 Å². The Labute approximate surface area is 113 Å². The van der Waals surface area contributed by atoms with Crippen molar-refractivity contribution in [3.05, 3.63) is 46.1 Å². The zero-order chi connectivity index (χ0) is 14.7. The molecule has 0 unspecified atom stereocenters. The number of carbonyl (C=O) groups is 1. The summed E-state index contributed by atoms with van der Waals surface area (Å²) in [6.07, 6.45) is 0. The Hall–Kier alpha value is -2.90. The third-order valence-corrected chi connectivity index (χ3v) is 2.63. The predicted molar refractivity (Wildman–Crippen MR) is 70.4 cm³/mol. The van der Waals surface area contributed by atoms with Crippen LogP contribution >= 0.6 is 0 Å². The summed E-state index contributed by atoms with van der Waals surface area (Å²) in [6, 6.07) is 7.57. The third-order valence-electron chi connectivity index (χ3n) is 2.63. The van der Waals surface area contributed by atoms with Crippen LogP contribution < -0.4 is 5.32 Å². The fourth-order valence-electron chi connectivity index (χ4n) is 1.65. The number of benzene rings is 1. The van der Waals surface area contributed by atoms with E-state index in [1.54, 1.807) is 25.1 Å². The normalized spacial score (nSPS) is 10.2. The minimum Gasteiger partial charge on any atom is -0.506 e. The van der Waals surface area contributed by atoms with E-state index in [1.165, 1.54) is 16.8 Å². The maximum atomic E-state index is 11.8. The number of aromatic nitrogens is 2. The summed E-state index contributed by atoms with van der Waals surface area (Å²) in [6.45, 7) is 1.45. The van der Waals surface area contributed by atoms with Crippen LogP contribution in [-0.2, 0) is 11.3 Å². The first-order chi connectivity index (χ1) is 9.47. The first-order valence-corrected chi connectivity index (χ1v) is 5.74. The van der Waals surface area contributed by atoms with Gasteiger partial charge in [0, 0.05) is 0 Å². The van der Waals surface area contributed by atoms with Gasteiger partial charge in [-0.1, -0.05) is 12.1 Å². The number of nitrogens with one attached hydrogen (secondary N) is 1. The molecule has 0 aliphatic heterocycles. The second-order valence-corrected chi connectivity index (χ2v) is 4.12. The fraction of sp³-hybridized carbons (Fsp3) is 0.167. The average Bonchev–Trinajstić information content (AvgIpc) is 2.74.